The summed E-state index contributed by atoms with van der Waals surface area (Å²) in [4.78, 5) is 4.11. The predicted octanol–water partition coefficient (Wildman–Crippen LogP) is 2.12. The maximum atomic E-state index is 8.74. The first-order valence-corrected chi connectivity index (χ1v) is 6.46. The maximum Gasteiger partial charge on any atom is 0.189 e. The molecule has 4 N–H and O–H groups in total. The van der Waals surface area contributed by atoms with Crippen molar-refractivity contribution >= 4 is 17.4 Å². The molecule has 104 valence electrons. The van der Waals surface area contributed by atoms with Crippen LogP contribution in [0.5, 0.6) is 0 Å². The van der Waals surface area contributed by atoms with Crippen molar-refractivity contribution in [2.45, 2.75) is 13.1 Å². The lowest BCUT2D eigenvalue weighted by Crippen LogP contribution is -2.21. The highest BCUT2D eigenvalue weighted by atomic mass is 35.5. The van der Waals surface area contributed by atoms with E-state index >= 15 is 0 Å². The number of nitrogens with one attached hydrogen (secondary N) is 1. The summed E-state index contributed by atoms with van der Waals surface area (Å²) in [6.45, 7) is 1.18. The molecule has 0 fully saturated rings. The van der Waals surface area contributed by atoms with Crippen LogP contribution >= 0.6 is 11.6 Å². The number of halogens is 1. The Bertz CT molecular complexity index is 616. The van der Waals surface area contributed by atoms with Crippen LogP contribution < -0.4 is 11.1 Å². The summed E-state index contributed by atoms with van der Waals surface area (Å²) in [5.41, 5.74) is 7.94. The van der Waals surface area contributed by atoms with E-state index < -0.39 is 0 Å². The van der Waals surface area contributed by atoms with Crippen molar-refractivity contribution in [3.63, 3.8) is 0 Å². The summed E-state index contributed by atoms with van der Waals surface area (Å²) in [7, 11) is 0. The molecule has 0 bridgehead atoms. The number of hydrogen-bond acceptors (Lipinski definition) is 4. The van der Waals surface area contributed by atoms with Crippen LogP contribution in [0.4, 0.5) is 0 Å². The van der Waals surface area contributed by atoms with Crippen LogP contribution in [-0.4, -0.2) is 16.0 Å². The molecule has 0 aliphatic carbocycles. The van der Waals surface area contributed by atoms with Gasteiger partial charge in [0, 0.05) is 24.3 Å². The first kappa shape index (κ1) is 14.3. The van der Waals surface area contributed by atoms with Crippen molar-refractivity contribution in [2.24, 2.45) is 10.9 Å². The number of hydrogen-bond donors (Lipinski definition) is 3. The minimum Gasteiger partial charge on any atom is -0.409 e. The fraction of sp³-hybridized carbons (Fsp3) is 0.143. The van der Waals surface area contributed by atoms with Crippen molar-refractivity contribution < 1.29 is 5.21 Å². The quantitative estimate of drug-likeness (QED) is 0.341. The second-order valence-corrected chi connectivity index (χ2v) is 4.60. The second kappa shape index (κ2) is 6.88. The fourth-order valence-corrected chi connectivity index (χ4v) is 2.04. The second-order valence-electron chi connectivity index (χ2n) is 4.19. The summed E-state index contributed by atoms with van der Waals surface area (Å²) in [6, 6.07) is 11.3. The lowest BCUT2D eigenvalue weighted by atomic mass is 10.1. The Morgan fingerprint density at radius 1 is 1.20 bits per heavy atom. The highest BCUT2D eigenvalue weighted by Crippen LogP contribution is 2.14. The normalized spacial score (nSPS) is 11.6. The Labute approximate surface area is 122 Å². The van der Waals surface area contributed by atoms with Gasteiger partial charge in [0.2, 0.25) is 0 Å². The lowest BCUT2D eigenvalue weighted by Gasteiger charge is -2.09. The van der Waals surface area contributed by atoms with E-state index in [9.17, 15) is 0 Å². The first-order valence-electron chi connectivity index (χ1n) is 6.08. The van der Waals surface area contributed by atoms with Crippen LogP contribution in [0.25, 0.3) is 0 Å². The molecule has 2 aromatic rings. The minimum atomic E-state index is 0.000133. The molecule has 0 atom stereocenters. The van der Waals surface area contributed by atoms with E-state index in [-0.39, 0.29) is 5.84 Å². The maximum absolute atomic E-state index is 8.74. The van der Waals surface area contributed by atoms with Crippen LogP contribution in [0.1, 0.15) is 16.8 Å². The molecule has 0 saturated carbocycles. The molecule has 1 aromatic carbocycles. The van der Waals surface area contributed by atoms with Gasteiger partial charge in [-0.3, -0.25) is 4.98 Å². The van der Waals surface area contributed by atoms with Crippen LogP contribution in [0.2, 0.25) is 5.02 Å². The van der Waals surface area contributed by atoms with Gasteiger partial charge in [0.1, 0.15) is 5.69 Å². The molecular formula is C14H15ClN4O. The van der Waals surface area contributed by atoms with Gasteiger partial charge in [0.05, 0.1) is 0 Å². The molecule has 5 nitrogen and oxygen atoms in total. The minimum absolute atomic E-state index is 0.000133. The Hall–Kier alpha value is -2.11. The summed E-state index contributed by atoms with van der Waals surface area (Å²) < 4.78 is 0. The number of pyridine rings is 1. The van der Waals surface area contributed by atoms with Crippen LogP contribution in [0.3, 0.4) is 0 Å². The molecule has 0 aliphatic rings. The summed E-state index contributed by atoms with van der Waals surface area (Å²) in [6.07, 6.45) is 1.60. The van der Waals surface area contributed by atoms with E-state index in [0.717, 1.165) is 16.1 Å². The van der Waals surface area contributed by atoms with Gasteiger partial charge in [-0.2, -0.15) is 0 Å². The van der Waals surface area contributed by atoms with Gasteiger partial charge in [0.25, 0.3) is 0 Å². The SMILES string of the molecule is NC(=NO)c1ncccc1CNCc1ccccc1Cl. The van der Waals surface area contributed by atoms with Gasteiger partial charge in [-0.05, 0) is 23.3 Å². The van der Waals surface area contributed by atoms with E-state index in [1.165, 1.54) is 0 Å². The third kappa shape index (κ3) is 3.46. The highest BCUT2D eigenvalue weighted by molar-refractivity contribution is 6.31. The predicted molar refractivity (Wildman–Crippen MR) is 78.7 cm³/mol. The first-order chi connectivity index (χ1) is 9.72. The summed E-state index contributed by atoms with van der Waals surface area (Å²) in [5, 5.41) is 15.7. The van der Waals surface area contributed by atoms with Crippen molar-refractivity contribution in [1.82, 2.24) is 10.3 Å². The molecule has 0 spiro atoms. The highest BCUT2D eigenvalue weighted by Gasteiger charge is 2.07. The van der Waals surface area contributed by atoms with E-state index in [1.807, 2.05) is 30.3 Å². The number of nitrogens with zero attached hydrogens (tertiary/aromatic N) is 2. The third-order valence-corrected chi connectivity index (χ3v) is 3.20. The smallest absolute Gasteiger partial charge is 0.189 e. The van der Waals surface area contributed by atoms with Gasteiger partial charge < -0.3 is 16.3 Å². The Morgan fingerprint density at radius 2 is 1.90 bits per heavy atom. The zero-order chi connectivity index (χ0) is 14.4. The van der Waals surface area contributed by atoms with E-state index in [1.54, 1.807) is 12.3 Å². The van der Waals surface area contributed by atoms with Crippen molar-refractivity contribution in [2.75, 3.05) is 0 Å². The zero-order valence-electron chi connectivity index (χ0n) is 10.8. The fourth-order valence-electron chi connectivity index (χ4n) is 1.83. The van der Waals surface area contributed by atoms with Crippen molar-refractivity contribution in [3.05, 3.63) is 64.4 Å². The molecule has 0 aliphatic heterocycles. The van der Waals surface area contributed by atoms with Crippen LogP contribution in [-0.2, 0) is 13.1 Å². The number of nitrogens with two attached hydrogens (primary N) is 1. The molecule has 0 unspecified atom stereocenters. The van der Waals surface area contributed by atoms with Gasteiger partial charge in [-0.25, -0.2) is 0 Å². The van der Waals surface area contributed by atoms with E-state index in [2.05, 4.69) is 15.5 Å². The standard InChI is InChI=1S/C14H15ClN4O/c15-12-6-2-1-4-10(12)8-17-9-11-5-3-7-18-13(11)14(16)19-20/h1-7,17,20H,8-9H2,(H2,16,19). The largest absolute Gasteiger partial charge is 0.409 e. The number of oxime groups is 1. The zero-order valence-corrected chi connectivity index (χ0v) is 11.5. The molecule has 1 aromatic heterocycles. The Balaban J connectivity index is 2.03. The lowest BCUT2D eigenvalue weighted by molar-refractivity contribution is 0.318. The molecule has 0 amide bonds. The van der Waals surface area contributed by atoms with Gasteiger partial charge in [0.15, 0.2) is 5.84 Å². The number of benzene rings is 1. The monoisotopic (exact) mass is 290 g/mol. The third-order valence-electron chi connectivity index (χ3n) is 2.83. The van der Waals surface area contributed by atoms with Crippen molar-refractivity contribution in [1.29, 1.82) is 0 Å². The molecule has 6 heteroatoms. The van der Waals surface area contributed by atoms with Gasteiger partial charge in [-0.1, -0.05) is 41.0 Å². The number of amidine groups is 1. The molecule has 20 heavy (non-hydrogen) atoms. The number of rotatable bonds is 5. The van der Waals surface area contributed by atoms with Crippen LogP contribution in [0.15, 0.2) is 47.8 Å². The molecular weight excluding hydrogens is 276 g/mol. The van der Waals surface area contributed by atoms with Gasteiger partial charge >= 0.3 is 0 Å². The van der Waals surface area contributed by atoms with E-state index in [4.69, 9.17) is 22.5 Å². The van der Waals surface area contributed by atoms with Crippen LogP contribution in [0, 0.1) is 0 Å². The average molecular weight is 291 g/mol. The van der Waals surface area contributed by atoms with Crippen molar-refractivity contribution in [3.8, 4) is 0 Å². The molecule has 0 saturated heterocycles. The number of aromatic nitrogens is 1. The average Bonchev–Trinajstić information content (AvgIpc) is 2.49. The Kier molecular flexibility index (Phi) is 4.92. The molecule has 2 rings (SSSR count). The molecule has 1 heterocycles. The topological polar surface area (TPSA) is 83.5 Å². The van der Waals surface area contributed by atoms with E-state index in [0.29, 0.717) is 18.8 Å². The molecule has 0 radical (unpaired) electrons. The Morgan fingerprint density at radius 3 is 2.65 bits per heavy atom. The summed E-state index contributed by atoms with van der Waals surface area (Å²) in [5.74, 6) is 0.000133. The van der Waals surface area contributed by atoms with Gasteiger partial charge in [-0.15, -0.1) is 0 Å². The summed E-state index contributed by atoms with van der Waals surface area (Å²) >= 11 is 6.09.